The van der Waals surface area contributed by atoms with Crippen LogP contribution < -0.4 is 5.32 Å². The summed E-state index contributed by atoms with van der Waals surface area (Å²) in [6, 6.07) is 5.36. The van der Waals surface area contributed by atoms with Crippen molar-refractivity contribution in [1.29, 1.82) is 0 Å². The number of hydrogen-bond donors (Lipinski definition) is 1. The van der Waals surface area contributed by atoms with Crippen molar-refractivity contribution in [3.63, 3.8) is 0 Å². The summed E-state index contributed by atoms with van der Waals surface area (Å²) < 4.78 is 0. The summed E-state index contributed by atoms with van der Waals surface area (Å²) in [5.41, 5.74) is 0.841. The van der Waals surface area contributed by atoms with E-state index in [4.69, 9.17) is 23.2 Å². The SMILES string of the molecule is CCC(CC)C(=O)N1CCC(NC(=O)Cc2ccc(Cl)c(Cl)c2)CC1. The van der Waals surface area contributed by atoms with Crippen LogP contribution in [-0.4, -0.2) is 35.8 Å². The average molecular weight is 385 g/mol. The van der Waals surface area contributed by atoms with E-state index in [1.165, 1.54) is 0 Å². The van der Waals surface area contributed by atoms with Crippen LogP contribution >= 0.6 is 23.2 Å². The topological polar surface area (TPSA) is 49.4 Å². The molecule has 1 aromatic rings. The lowest BCUT2D eigenvalue weighted by Crippen LogP contribution is -2.48. The highest BCUT2D eigenvalue weighted by Crippen LogP contribution is 2.23. The minimum absolute atomic E-state index is 0.0249. The van der Waals surface area contributed by atoms with Gasteiger partial charge in [-0.05, 0) is 43.4 Å². The van der Waals surface area contributed by atoms with Gasteiger partial charge in [0.1, 0.15) is 0 Å². The highest BCUT2D eigenvalue weighted by Gasteiger charge is 2.27. The Bertz CT molecular complexity index is 609. The average Bonchev–Trinajstić information content (AvgIpc) is 2.59. The number of piperidine rings is 1. The Morgan fingerprint density at radius 2 is 1.80 bits per heavy atom. The van der Waals surface area contributed by atoms with Crippen LogP contribution in [0, 0.1) is 5.92 Å². The lowest BCUT2D eigenvalue weighted by atomic mass is 9.98. The number of nitrogens with zero attached hydrogens (tertiary/aromatic N) is 1. The third-order valence-electron chi connectivity index (χ3n) is 4.86. The number of benzene rings is 1. The van der Waals surface area contributed by atoms with E-state index in [0.717, 1.165) is 31.2 Å². The van der Waals surface area contributed by atoms with Gasteiger partial charge in [-0.15, -0.1) is 0 Å². The molecule has 0 bridgehead atoms. The van der Waals surface area contributed by atoms with Crippen LogP contribution in [0.3, 0.4) is 0 Å². The van der Waals surface area contributed by atoms with E-state index < -0.39 is 0 Å². The third kappa shape index (κ3) is 5.61. The van der Waals surface area contributed by atoms with E-state index in [9.17, 15) is 9.59 Å². The number of carbonyl (C=O) groups is 2. The molecule has 0 radical (unpaired) electrons. The van der Waals surface area contributed by atoms with Gasteiger partial charge in [0.05, 0.1) is 16.5 Å². The molecule has 1 fully saturated rings. The Balaban J connectivity index is 1.80. The first-order valence-corrected chi connectivity index (χ1v) is 9.72. The van der Waals surface area contributed by atoms with Gasteiger partial charge in [0.15, 0.2) is 0 Å². The number of rotatable bonds is 6. The molecule has 4 nitrogen and oxygen atoms in total. The van der Waals surface area contributed by atoms with Gasteiger partial charge in [0.2, 0.25) is 11.8 Å². The van der Waals surface area contributed by atoms with E-state index in [0.29, 0.717) is 23.1 Å². The maximum absolute atomic E-state index is 12.4. The number of halogens is 2. The highest BCUT2D eigenvalue weighted by molar-refractivity contribution is 6.42. The summed E-state index contributed by atoms with van der Waals surface area (Å²) in [7, 11) is 0. The van der Waals surface area contributed by atoms with Gasteiger partial charge < -0.3 is 10.2 Å². The molecular formula is C19H26Cl2N2O2. The predicted octanol–water partition coefficient (Wildman–Crippen LogP) is 4.08. The number of nitrogens with one attached hydrogen (secondary N) is 1. The molecule has 0 unspecified atom stereocenters. The highest BCUT2D eigenvalue weighted by atomic mass is 35.5. The first-order chi connectivity index (χ1) is 11.9. The summed E-state index contributed by atoms with van der Waals surface area (Å²) in [5, 5.41) is 4.01. The normalized spacial score (nSPS) is 15.5. The molecule has 6 heteroatoms. The second kappa shape index (κ2) is 9.44. The standard InChI is InChI=1S/C19H26Cl2N2O2/c1-3-14(4-2)19(25)23-9-7-15(8-10-23)22-18(24)12-13-5-6-16(20)17(21)11-13/h5-6,11,14-15H,3-4,7-10,12H2,1-2H3,(H,22,24). The molecule has 1 aliphatic heterocycles. The lowest BCUT2D eigenvalue weighted by molar-refractivity contribution is -0.137. The van der Waals surface area contributed by atoms with Crippen LogP contribution in [0.25, 0.3) is 0 Å². The molecule has 25 heavy (non-hydrogen) atoms. The fraction of sp³-hybridized carbons (Fsp3) is 0.579. The number of carbonyl (C=O) groups excluding carboxylic acids is 2. The fourth-order valence-electron chi connectivity index (χ4n) is 3.25. The first kappa shape index (κ1) is 20.1. The zero-order chi connectivity index (χ0) is 18.4. The van der Waals surface area contributed by atoms with Crippen molar-refractivity contribution in [2.24, 2.45) is 5.92 Å². The van der Waals surface area contributed by atoms with Gasteiger partial charge in [-0.2, -0.15) is 0 Å². The van der Waals surface area contributed by atoms with E-state index in [1.54, 1.807) is 12.1 Å². The van der Waals surface area contributed by atoms with Crippen molar-refractivity contribution >= 4 is 35.0 Å². The minimum atomic E-state index is -0.0249. The second-order valence-corrected chi connectivity index (χ2v) is 7.42. The van der Waals surface area contributed by atoms with Crippen molar-refractivity contribution in [3.05, 3.63) is 33.8 Å². The molecule has 0 aromatic heterocycles. The van der Waals surface area contributed by atoms with Gasteiger partial charge in [0.25, 0.3) is 0 Å². The van der Waals surface area contributed by atoms with Crippen LogP contribution in [0.1, 0.15) is 45.1 Å². The molecule has 0 saturated carbocycles. The molecule has 1 N–H and O–H groups in total. The summed E-state index contributed by atoms with van der Waals surface area (Å²) in [5.74, 6) is 0.356. The van der Waals surface area contributed by atoms with Crippen LogP contribution in [0.15, 0.2) is 18.2 Å². The van der Waals surface area contributed by atoms with Crippen molar-refractivity contribution in [1.82, 2.24) is 10.2 Å². The first-order valence-electron chi connectivity index (χ1n) is 8.96. The minimum Gasteiger partial charge on any atom is -0.353 e. The van der Waals surface area contributed by atoms with Gasteiger partial charge in [-0.3, -0.25) is 9.59 Å². The Kier molecular flexibility index (Phi) is 7.57. The zero-order valence-electron chi connectivity index (χ0n) is 14.9. The Morgan fingerprint density at radius 3 is 2.36 bits per heavy atom. The maximum atomic E-state index is 12.4. The van der Waals surface area contributed by atoms with E-state index in [2.05, 4.69) is 19.2 Å². The molecule has 1 aromatic carbocycles. The monoisotopic (exact) mass is 384 g/mol. The van der Waals surface area contributed by atoms with Crippen LogP contribution in [0.4, 0.5) is 0 Å². The summed E-state index contributed by atoms with van der Waals surface area (Å²) >= 11 is 11.9. The third-order valence-corrected chi connectivity index (χ3v) is 5.59. The van der Waals surface area contributed by atoms with Gasteiger partial charge in [0, 0.05) is 25.0 Å². The van der Waals surface area contributed by atoms with E-state index in [1.807, 2.05) is 11.0 Å². The molecule has 1 heterocycles. The molecule has 2 rings (SSSR count). The summed E-state index contributed by atoms with van der Waals surface area (Å²) in [6.07, 6.45) is 3.66. The van der Waals surface area contributed by atoms with Gasteiger partial charge >= 0.3 is 0 Å². The summed E-state index contributed by atoms with van der Waals surface area (Å²) in [4.78, 5) is 26.6. The second-order valence-electron chi connectivity index (χ2n) is 6.61. The lowest BCUT2D eigenvalue weighted by Gasteiger charge is -2.34. The van der Waals surface area contributed by atoms with Gasteiger partial charge in [-0.1, -0.05) is 43.1 Å². The molecule has 0 spiro atoms. The molecule has 2 amide bonds. The fourth-order valence-corrected chi connectivity index (χ4v) is 3.57. The Morgan fingerprint density at radius 1 is 1.16 bits per heavy atom. The Hall–Kier alpha value is -1.26. The smallest absolute Gasteiger partial charge is 0.225 e. The van der Waals surface area contributed by atoms with Crippen LogP contribution in [0.2, 0.25) is 10.0 Å². The maximum Gasteiger partial charge on any atom is 0.225 e. The number of amides is 2. The van der Waals surface area contributed by atoms with E-state index >= 15 is 0 Å². The van der Waals surface area contributed by atoms with Crippen molar-refractivity contribution in [3.8, 4) is 0 Å². The molecule has 138 valence electrons. The van der Waals surface area contributed by atoms with Gasteiger partial charge in [-0.25, -0.2) is 0 Å². The molecule has 0 aliphatic carbocycles. The molecular weight excluding hydrogens is 359 g/mol. The quantitative estimate of drug-likeness (QED) is 0.802. The largest absolute Gasteiger partial charge is 0.353 e. The van der Waals surface area contributed by atoms with Crippen molar-refractivity contribution < 1.29 is 9.59 Å². The predicted molar refractivity (Wildman–Crippen MR) is 102 cm³/mol. The zero-order valence-corrected chi connectivity index (χ0v) is 16.4. The van der Waals surface area contributed by atoms with Crippen molar-refractivity contribution in [2.45, 2.75) is 52.0 Å². The summed E-state index contributed by atoms with van der Waals surface area (Å²) in [6.45, 7) is 5.55. The van der Waals surface area contributed by atoms with E-state index in [-0.39, 0.29) is 30.2 Å². The Labute approximate surface area is 159 Å². The number of hydrogen-bond acceptors (Lipinski definition) is 2. The number of likely N-dealkylation sites (tertiary alicyclic amines) is 1. The van der Waals surface area contributed by atoms with Crippen molar-refractivity contribution in [2.75, 3.05) is 13.1 Å². The van der Waals surface area contributed by atoms with Crippen LogP contribution in [0.5, 0.6) is 0 Å². The molecule has 1 saturated heterocycles. The molecule has 0 atom stereocenters. The molecule has 1 aliphatic rings. The van der Waals surface area contributed by atoms with Crippen LogP contribution in [-0.2, 0) is 16.0 Å².